The van der Waals surface area contributed by atoms with E-state index < -0.39 is 0 Å². The van der Waals surface area contributed by atoms with Gasteiger partial charge in [-0.25, -0.2) is 0 Å². The highest BCUT2D eigenvalue weighted by Crippen LogP contribution is 2.43. The van der Waals surface area contributed by atoms with Gasteiger partial charge < -0.3 is 0 Å². The fraction of sp³-hybridized carbons (Fsp3) is 0.667. The first-order valence-electron chi connectivity index (χ1n) is 10.4. The minimum Gasteiger partial charge on any atom is -0.142 e. The monoisotopic (exact) mass is 390 g/mol. The van der Waals surface area contributed by atoms with E-state index in [0.717, 1.165) is 11.8 Å². The van der Waals surface area contributed by atoms with E-state index in [4.69, 9.17) is 0 Å². The average molecular weight is 391 g/mol. The van der Waals surface area contributed by atoms with Crippen LogP contribution in [-0.2, 0) is 25.7 Å². The van der Waals surface area contributed by atoms with Crippen LogP contribution < -0.4 is 0 Å². The van der Waals surface area contributed by atoms with Gasteiger partial charge in [-0.1, -0.05) is 55.4 Å². The first kappa shape index (κ1) is 21.7. The normalized spacial score (nSPS) is 12.3. The Morgan fingerprint density at radius 2 is 0.846 bits per heavy atom. The van der Waals surface area contributed by atoms with Crippen LogP contribution in [0.15, 0.2) is 10.8 Å². The molecule has 2 aromatic heterocycles. The van der Waals surface area contributed by atoms with Crippen LogP contribution in [0.5, 0.6) is 0 Å². The second kappa shape index (κ2) is 9.55. The lowest BCUT2D eigenvalue weighted by atomic mass is 9.91. The standard InChI is InChI=1S/C24H38S2/c1-15(2)9-19-13-25-23(21(19)11-17(5)6)24-22(12-18(7)8)20(14-26-24)10-16(3)4/h13-18H,9-12H2,1-8H3. The summed E-state index contributed by atoms with van der Waals surface area (Å²) in [5.41, 5.74) is 6.48. The summed E-state index contributed by atoms with van der Waals surface area (Å²) in [5, 5.41) is 4.90. The Kier molecular flexibility index (Phi) is 7.97. The van der Waals surface area contributed by atoms with Crippen LogP contribution in [0.2, 0.25) is 0 Å². The molecule has 26 heavy (non-hydrogen) atoms. The Hall–Kier alpha value is -0.600. The molecule has 0 fully saturated rings. The van der Waals surface area contributed by atoms with Crippen molar-refractivity contribution >= 4 is 22.7 Å². The Labute approximate surface area is 170 Å². The van der Waals surface area contributed by atoms with Crippen molar-refractivity contribution in [2.75, 3.05) is 0 Å². The zero-order valence-electron chi connectivity index (χ0n) is 18.1. The molecule has 0 aliphatic rings. The molecule has 0 amide bonds. The van der Waals surface area contributed by atoms with Crippen LogP contribution >= 0.6 is 22.7 Å². The van der Waals surface area contributed by atoms with E-state index in [2.05, 4.69) is 66.2 Å². The van der Waals surface area contributed by atoms with Crippen LogP contribution in [0.4, 0.5) is 0 Å². The van der Waals surface area contributed by atoms with E-state index in [9.17, 15) is 0 Å². The molecule has 0 spiro atoms. The Balaban J connectivity index is 2.52. The summed E-state index contributed by atoms with van der Waals surface area (Å²) in [7, 11) is 0. The molecule has 0 aliphatic heterocycles. The van der Waals surface area contributed by atoms with Crippen molar-refractivity contribution in [2.45, 2.75) is 81.1 Å². The molecule has 0 atom stereocenters. The molecule has 0 nitrogen and oxygen atoms in total. The van der Waals surface area contributed by atoms with Crippen LogP contribution in [-0.4, -0.2) is 0 Å². The van der Waals surface area contributed by atoms with Crippen LogP contribution in [0.25, 0.3) is 9.75 Å². The summed E-state index contributed by atoms with van der Waals surface area (Å²) >= 11 is 3.99. The predicted molar refractivity (Wildman–Crippen MR) is 122 cm³/mol. The summed E-state index contributed by atoms with van der Waals surface area (Å²) in [6.45, 7) is 18.8. The summed E-state index contributed by atoms with van der Waals surface area (Å²) in [6.07, 6.45) is 4.84. The first-order chi connectivity index (χ1) is 12.2. The SMILES string of the molecule is CC(C)Cc1csc(-c2scc(CC(C)C)c2CC(C)C)c1CC(C)C. The molecule has 146 valence electrons. The van der Waals surface area contributed by atoms with Crippen molar-refractivity contribution in [1.82, 2.24) is 0 Å². The van der Waals surface area contributed by atoms with Crippen LogP contribution in [0.1, 0.15) is 77.6 Å². The second-order valence-corrected chi connectivity index (χ2v) is 11.3. The minimum atomic E-state index is 0.706. The van der Waals surface area contributed by atoms with E-state index in [1.54, 1.807) is 32.0 Å². The maximum atomic E-state index is 2.45. The van der Waals surface area contributed by atoms with Crippen LogP contribution in [0.3, 0.4) is 0 Å². The summed E-state index contributed by atoms with van der Waals surface area (Å²) in [4.78, 5) is 3.15. The largest absolute Gasteiger partial charge is 0.142 e. The van der Waals surface area contributed by atoms with Gasteiger partial charge in [0.2, 0.25) is 0 Å². The van der Waals surface area contributed by atoms with Crippen molar-refractivity contribution in [1.29, 1.82) is 0 Å². The third kappa shape index (κ3) is 5.70. The summed E-state index contributed by atoms with van der Waals surface area (Å²) in [5.74, 6) is 2.85. The van der Waals surface area contributed by atoms with Crippen LogP contribution in [0, 0.1) is 23.7 Å². The smallest absolute Gasteiger partial charge is 0.0480 e. The number of hydrogen-bond acceptors (Lipinski definition) is 2. The third-order valence-corrected chi connectivity index (χ3v) is 6.96. The molecule has 0 radical (unpaired) electrons. The molecule has 0 unspecified atom stereocenters. The van der Waals surface area contributed by atoms with Crippen molar-refractivity contribution in [2.24, 2.45) is 23.7 Å². The van der Waals surface area contributed by atoms with Crippen molar-refractivity contribution < 1.29 is 0 Å². The third-order valence-electron chi connectivity index (χ3n) is 4.65. The van der Waals surface area contributed by atoms with Gasteiger partial charge in [-0.3, -0.25) is 0 Å². The van der Waals surface area contributed by atoms with Gasteiger partial charge in [0.25, 0.3) is 0 Å². The maximum absolute atomic E-state index is 2.45. The van der Waals surface area contributed by atoms with E-state index in [1.165, 1.54) is 25.7 Å². The zero-order valence-corrected chi connectivity index (χ0v) is 19.7. The highest BCUT2D eigenvalue weighted by molar-refractivity contribution is 7.20. The van der Waals surface area contributed by atoms with Gasteiger partial charge in [0.1, 0.15) is 0 Å². The minimum absolute atomic E-state index is 0.706. The molecule has 2 heterocycles. The molecular formula is C24H38S2. The average Bonchev–Trinajstić information content (AvgIpc) is 3.03. The molecule has 0 saturated heterocycles. The van der Waals surface area contributed by atoms with E-state index >= 15 is 0 Å². The van der Waals surface area contributed by atoms with Gasteiger partial charge in [-0.15, -0.1) is 22.7 Å². The molecule has 0 aliphatic carbocycles. The maximum Gasteiger partial charge on any atom is 0.0480 e. The van der Waals surface area contributed by atoms with Crippen molar-refractivity contribution in [3.05, 3.63) is 33.0 Å². The lowest BCUT2D eigenvalue weighted by Gasteiger charge is -2.14. The quantitative estimate of drug-likeness (QED) is 0.404. The molecule has 0 aromatic carbocycles. The molecule has 2 aromatic rings. The highest BCUT2D eigenvalue weighted by atomic mass is 32.1. The Morgan fingerprint density at radius 1 is 0.538 bits per heavy atom. The molecule has 2 rings (SSSR count). The van der Waals surface area contributed by atoms with Gasteiger partial charge in [0.15, 0.2) is 0 Å². The van der Waals surface area contributed by atoms with Crippen molar-refractivity contribution in [3.63, 3.8) is 0 Å². The fourth-order valence-corrected chi connectivity index (χ4v) is 6.16. The fourth-order valence-electron chi connectivity index (χ4n) is 3.70. The second-order valence-electron chi connectivity index (χ2n) is 9.53. The molecule has 2 heteroatoms. The summed E-state index contributed by atoms with van der Waals surface area (Å²) < 4.78 is 0. The molecule has 0 bridgehead atoms. The zero-order chi connectivity index (χ0) is 19.4. The summed E-state index contributed by atoms with van der Waals surface area (Å²) in [6, 6.07) is 0. The lowest BCUT2D eigenvalue weighted by molar-refractivity contribution is 0.617. The Morgan fingerprint density at radius 3 is 1.12 bits per heavy atom. The topological polar surface area (TPSA) is 0 Å². The highest BCUT2D eigenvalue weighted by Gasteiger charge is 2.21. The van der Waals surface area contributed by atoms with Gasteiger partial charge in [-0.05, 0) is 82.4 Å². The predicted octanol–water partition coefficient (Wildman–Crippen LogP) is 8.27. The number of hydrogen-bond donors (Lipinski definition) is 0. The van der Waals surface area contributed by atoms with E-state index in [-0.39, 0.29) is 0 Å². The number of rotatable bonds is 9. The van der Waals surface area contributed by atoms with Gasteiger partial charge >= 0.3 is 0 Å². The first-order valence-corrected chi connectivity index (χ1v) is 12.1. The van der Waals surface area contributed by atoms with Gasteiger partial charge in [0, 0.05) is 9.75 Å². The lowest BCUT2D eigenvalue weighted by Crippen LogP contribution is -2.03. The molecule has 0 saturated carbocycles. The van der Waals surface area contributed by atoms with E-state index in [1.807, 2.05) is 22.7 Å². The van der Waals surface area contributed by atoms with Gasteiger partial charge in [0.05, 0.1) is 0 Å². The Bertz CT molecular complexity index is 623. The van der Waals surface area contributed by atoms with E-state index in [0.29, 0.717) is 11.8 Å². The number of thiophene rings is 2. The van der Waals surface area contributed by atoms with Crippen molar-refractivity contribution in [3.8, 4) is 9.75 Å². The molecule has 0 N–H and O–H groups in total. The molecular weight excluding hydrogens is 352 g/mol. The van der Waals surface area contributed by atoms with Gasteiger partial charge in [-0.2, -0.15) is 0 Å².